The Balaban J connectivity index is 1.34. The van der Waals surface area contributed by atoms with Crippen LogP contribution in [0.4, 0.5) is 0 Å². The van der Waals surface area contributed by atoms with Gasteiger partial charge in [-0.3, -0.25) is 14.4 Å². The summed E-state index contributed by atoms with van der Waals surface area (Å²) in [6, 6.07) is 13.9. The standard InChI is InChI=1S/C29H33NO5/c1-34-23-7-3-21(4-8-23)25(27(32)22-5-9-24(35-2)10-6-22)14-26(31)28(33)30-29-15-18-11-19(16-29)13-20(12-18)17-29/h3-10,18-20,25H,11-17H2,1-2H3,(H,30,33). The molecule has 2 aromatic carbocycles. The minimum atomic E-state index is -0.760. The second-order valence-corrected chi connectivity index (χ2v) is 10.7. The van der Waals surface area contributed by atoms with Crippen LogP contribution in [-0.4, -0.2) is 37.2 Å². The van der Waals surface area contributed by atoms with E-state index in [-0.39, 0.29) is 17.7 Å². The van der Waals surface area contributed by atoms with Gasteiger partial charge in [-0.25, -0.2) is 0 Å². The normalized spacial score (nSPS) is 27.2. The number of carbonyl (C=O) groups excluding carboxylic acids is 3. The maximum Gasteiger partial charge on any atom is 0.287 e. The summed E-state index contributed by atoms with van der Waals surface area (Å²) in [5, 5.41) is 3.16. The van der Waals surface area contributed by atoms with Crippen molar-refractivity contribution in [2.75, 3.05) is 14.2 Å². The topological polar surface area (TPSA) is 81.7 Å². The van der Waals surface area contributed by atoms with Crippen molar-refractivity contribution in [1.29, 1.82) is 0 Å². The molecule has 0 aliphatic heterocycles. The average Bonchev–Trinajstić information content (AvgIpc) is 2.85. The Morgan fingerprint density at radius 2 is 1.31 bits per heavy atom. The summed E-state index contributed by atoms with van der Waals surface area (Å²) < 4.78 is 10.4. The molecule has 1 amide bonds. The highest BCUT2D eigenvalue weighted by atomic mass is 16.5. The molecule has 0 saturated heterocycles. The van der Waals surface area contributed by atoms with Crippen LogP contribution in [0.15, 0.2) is 48.5 Å². The van der Waals surface area contributed by atoms with Crippen molar-refractivity contribution in [3.8, 4) is 11.5 Å². The van der Waals surface area contributed by atoms with Gasteiger partial charge in [0.2, 0.25) is 5.78 Å². The number of Topliss-reactive ketones (excluding diaryl/α,β-unsaturated/α-hetero) is 2. The second-order valence-electron chi connectivity index (χ2n) is 10.7. The molecule has 0 radical (unpaired) electrons. The van der Waals surface area contributed by atoms with Crippen molar-refractivity contribution in [3.63, 3.8) is 0 Å². The van der Waals surface area contributed by atoms with E-state index in [1.807, 2.05) is 0 Å². The van der Waals surface area contributed by atoms with Crippen LogP contribution in [0.3, 0.4) is 0 Å². The number of ketones is 2. The van der Waals surface area contributed by atoms with Gasteiger partial charge in [-0.2, -0.15) is 0 Å². The van der Waals surface area contributed by atoms with Crippen molar-refractivity contribution in [3.05, 3.63) is 59.7 Å². The van der Waals surface area contributed by atoms with Gasteiger partial charge in [0.15, 0.2) is 5.78 Å². The Labute approximate surface area is 206 Å². The zero-order chi connectivity index (χ0) is 24.6. The predicted octanol–water partition coefficient (Wildman–Crippen LogP) is 4.71. The van der Waals surface area contributed by atoms with Gasteiger partial charge in [0, 0.05) is 17.5 Å². The fourth-order valence-electron chi connectivity index (χ4n) is 7.01. The van der Waals surface area contributed by atoms with Gasteiger partial charge in [-0.15, -0.1) is 0 Å². The molecule has 4 saturated carbocycles. The third-order valence-corrected chi connectivity index (χ3v) is 8.27. The van der Waals surface area contributed by atoms with E-state index in [9.17, 15) is 14.4 Å². The summed E-state index contributed by atoms with van der Waals surface area (Å²) in [5.41, 5.74) is 0.917. The summed E-state index contributed by atoms with van der Waals surface area (Å²) in [6.07, 6.45) is 6.55. The van der Waals surface area contributed by atoms with E-state index in [1.54, 1.807) is 62.8 Å². The molecule has 4 aliphatic carbocycles. The number of hydrogen-bond donors (Lipinski definition) is 1. The molecule has 0 spiro atoms. The first-order chi connectivity index (χ1) is 16.9. The Bertz CT molecular complexity index is 1070. The largest absolute Gasteiger partial charge is 0.497 e. The van der Waals surface area contributed by atoms with Crippen LogP contribution in [0.1, 0.15) is 66.8 Å². The van der Waals surface area contributed by atoms with Crippen LogP contribution in [0.5, 0.6) is 11.5 Å². The van der Waals surface area contributed by atoms with E-state index in [0.717, 1.165) is 19.3 Å². The van der Waals surface area contributed by atoms with E-state index in [2.05, 4.69) is 5.32 Å². The fraction of sp³-hybridized carbons (Fsp3) is 0.483. The number of nitrogens with one attached hydrogen (secondary N) is 1. The van der Waals surface area contributed by atoms with Crippen molar-refractivity contribution < 1.29 is 23.9 Å². The molecule has 1 atom stereocenters. The number of rotatable bonds is 9. The van der Waals surface area contributed by atoms with E-state index in [4.69, 9.17) is 9.47 Å². The fourth-order valence-corrected chi connectivity index (χ4v) is 7.01. The smallest absolute Gasteiger partial charge is 0.287 e. The highest BCUT2D eigenvalue weighted by molar-refractivity contribution is 6.37. The maximum atomic E-state index is 13.5. The summed E-state index contributed by atoms with van der Waals surface area (Å²) in [5.74, 6) is 1.26. The second kappa shape index (κ2) is 9.48. The molecule has 4 bridgehead atoms. The van der Waals surface area contributed by atoms with Gasteiger partial charge < -0.3 is 14.8 Å². The number of hydrogen-bond acceptors (Lipinski definition) is 5. The minimum absolute atomic E-state index is 0.171. The number of ether oxygens (including phenoxy) is 2. The molecule has 0 heterocycles. The lowest BCUT2D eigenvalue weighted by molar-refractivity contribution is -0.141. The van der Waals surface area contributed by atoms with E-state index < -0.39 is 17.6 Å². The van der Waals surface area contributed by atoms with Gasteiger partial charge in [0.05, 0.1) is 20.1 Å². The van der Waals surface area contributed by atoms with Gasteiger partial charge in [0.1, 0.15) is 11.5 Å². The van der Waals surface area contributed by atoms with Gasteiger partial charge in [-0.05, 0) is 98.2 Å². The summed E-state index contributed by atoms with van der Waals surface area (Å²) in [6.45, 7) is 0. The van der Waals surface area contributed by atoms with Crippen molar-refractivity contribution in [1.82, 2.24) is 5.32 Å². The van der Waals surface area contributed by atoms with Crippen LogP contribution >= 0.6 is 0 Å². The third-order valence-electron chi connectivity index (χ3n) is 8.27. The van der Waals surface area contributed by atoms with Gasteiger partial charge in [-0.1, -0.05) is 12.1 Å². The van der Waals surface area contributed by atoms with Crippen LogP contribution in [0.25, 0.3) is 0 Å². The molecular formula is C29H33NO5. The molecule has 4 aliphatic rings. The molecule has 4 fully saturated rings. The lowest BCUT2D eigenvalue weighted by atomic mass is 9.53. The first-order valence-electron chi connectivity index (χ1n) is 12.6. The molecule has 6 rings (SSSR count). The number of methoxy groups -OCH3 is 2. The Morgan fingerprint density at radius 3 is 1.80 bits per heavy atom. The van der Waals surface area contributed by atoms with E-state index >= 15 is 0 Å². The first-order valence-corrected chi connectivity index (χ1v) is 12.6. The summed E-state index contributed by atoms with van der Waals surface area (Å²) in [4.78, 5) is 39.8. The third kappa shape index (κ3) is 4.84. The number of amides is 1. The van der Waals surface area contributed by atoms with E-state index in [1.165, 1.54) is 19.3 Å². The SMILES string of the molecule is COc1ccc(C(=O)C(CC(=O)C(=O)NC23CC4CC(CC(C4)C2)C3)c2ccc(OC)cc2)cc1. The van der Waals surface area contributed by atoms with Crippen LogP contribution < -0.4 is 14.8 Å². The van der Waals surface area contributed by atoms with Crippen LogP contribution in [0, 0.1) is 17.8 Å². The number of carbonyl (C=O) groups is 3. The summed E-state index contributed by atoms with van der Waals surface area (Å²) >= 11 is 0. The zero-order valence-electron chi connectivity index (χ0n) is 20.4. The monoisotopic (exact) mass is 475 g/mol. The lowest BCUT2D eigenvalue weighted by Crippen LogP contribution is -2.60. The molecule has 6 nitrogen and oxygen atoms in total. The Kier molecular flexibility index (Phi) is 6.39. The molecule has 184 valence electrons. The minimum Gasteiger partial charge on any atom is -0.497 e. The Morgan fingerprint density at radius 1 is 0.829 bits per heavy atom. The van der Waals surface area contributed by atoms with Gasteiger partial charge in [0.25, 0.3) is 5.91 Å². The highest BCUT2D eigenvalue weighted by Gasteiger charge is 2.52. The van der Waals surface area contributed by atoms with Crippen molar-refractivity contribution in [2.24, 2.45) is 17.8 Å². The van der Waals surface area contributed by atoms with Crippen molar-refractivity contribution in [2.45, 2.75) is 56.4 Å². The highest BCUT2D eigenvalue weighted by Crippen LogP contribution is 2.55. The molecule has 35 heavy (non-hydrogen) atoms. The lowest BCUT2D eigenvalue weighted by Gasteiger charge is -2.56. The Hall–Kier alpha value is -3.15. The molecule has 6 heteroatoms. The number of benzene rings is 2. The quantitative estimate of drug-likeness (QED) is 0.419. The molecule has 2 aromatic rings. The van der Waals surface area contributed by atoms with Crippen molar-refractivity contribution >= 4 is 17.5 Å². The first kappa shape index (κ1) is 23.6. The predicted molar refractivity (Wildman–Crippen MR) is 132 cm³/mol. The molecular weight excluding hydrogens is 442 g/mol. The van der Waals surface area contributed by atoms with Crippen LogP contribution in [-0.2, 0) is 9.59 Å². The van der Waals surface area contributed by atoms with Crippen LogP contribution in [0.2, 0.25) is 0 Å². The van der Waals surface area contributed by atoms with Gasteiger partial charge >= 0.3 is 0 Å². The van der Waals surface area contributed by atoms with E-state index in [0.29, 0.717) is 40.4 Å². The molecule has 1 N–H and O–H groups in total. The zero-order valence-corrected chi connectivity index (χ0v) is 20.4. The maximum absolute atomic E-state index is 13.5. The molecule has 1 unspecified atom stereocenters. The summed E-state index contributed by atoms with van der Waals surface area (Å²) in [7, 11) is 3.14. The average molecular weight is 476 g/mol. The molecule has 0 aromatic heterocycles.